The molecule has 0 bridgehead atoms. The van der Waals surface area contributed by atoms with Crippen LogP contribution in [0.3, 0.4) is 0 Å². The number of piperidine rings is 1. The molecule has 0 spiro atoms. The topological polar surface area (TPSA) is 58.2 Å². The average Bonchev–Trinajstić information content (AvgIpc) is 3.26. The third-order valence-electron chi connectivity index (χ3n) is 11.3. The van der Waals surface area contributed by atoms with Crippen molar-refractivity contribution in [2.45, 2.75) is 77.8 Å². The minimum atomic E-state index is -0.131. The highest BCUT2D eigenvalue weighted by Crippen LogP contribution is 2.66. The highest BCUT2D eigenvalue weighted by molar-refractivity contribution is 5.81. The second kappa shape index (κ2) is 9.29. The Morgan fingerprint density at radius 2 is 1.51 bits per heavy atom. The molecule has 2 aromatic carbocycles. The zero-order valence-corrected chi connectivity index (χ0v) is 22.6. The number of benzene rings is 2. The molecule has 2 amide bonds. The number of hydrogen-bond acceptors (Lipinski definition) is 2. The van der Waals surface area contributed by atoms with Gasteiger partial charge in [-0.25, -0.2) is 0 Å². The summed E-state index contributed by atoms with van der Waals surface area (Å²) in [5, 5.41) is 6.87. The maximum atomic E-state index is 14.1. The Morgan fingerprint density at radius 1 is 0.892 bits per heavy atom. The lowest BCUT2D eigenvalue weighted by Crippen LogP contribution is -2.63. The molecule has 1 heterocycles. The van der Waals surface area contributed by atoms with E-state index in [1.54, 1.807) is 0 Å². The monoisotopic (exact) mass is 498 g/mol. The molecule has 6 unspecified atom stereocenters. The van der Waals surface area contributed by atoms with Crippen molar-refractivity contribution in [1.29, 1.82) is 0 Å². The summed E-state index contributed by atoms with van der Waals surface area (Å²) in [7, 11) is 0. The molecule has 4 nitrogen and oxygen atoms in total. The van der Waals surface area contributed by atoms with Crippen LogP contribution in [0.1, 0.15) is 82.9 Å². The van der Waals surface area contributed by atoms with Crippen LogP contribution in [0, 0.1) is 40.4 Å². The summed E-state index contributed by atoms with van der Waals surface area (Å²) in [6.45, 7) is 7.29. The van der Waals surface area contributed by atoms with Gasteiger partial charge in [0.1, 0.15) is 0 Å². The largest absolute Gasteiger partial charge is 0.353 e. The lowest BCUT2D eigenvalue weighted by Gasteiger charge is -2.62. The summed E-state index contributed by atoms with van der Waals surface area (Å²) in [6.07, 6.45) is 7.18. The molecule has 3 saturated carbocycles. The van der Waals surface area contributed by atoms with Gasteiger partial charge in [0, 0.05) is 18.4 Å². The molecule has 1 saturated heterocycles. The smallest absolute Gasteiger partial charge is 0.224 e. The van der Waals surface area contributed by atoms with Crippen LogP contribution in [0.2, 0.25) is 0 Å². The Balaban J connectivity index is 1.25. The van der Waals surface area contributed by atoms with Crippen LogP contribution in [-0.2, 0) is 9.59 Å². The van der Waals surface area contributed by atoms with Crippen LogP contribution >= 0.6 is 0 Å². The number of nitrogens with one attached hydrogen (secondary N) is 2. The molecular formula is C33H42N2O2. The molecule has 4 fully saturated rings. The number of carbonyl (C=O) groups is 2. The van der Waals surface area contributed by atoms with Gasteiger partial charge in [-0.05, 0) is 84.2 Å². The molecule has 0 aromatic heterocycles. The number of carbonyl (C=O) groups excluding carboxylic acids is 2. The zero-order chi connectivity index (χ0) is 25.8. The summed E-state index contributed by atoms with van der Waals surface area (Å²) >= 11 is 0. The van der Waals surface area contributed by atoms with Crippen molar-refractivity contribution in [1.82, 2.24) is 10.6 Å². The number of rotatable bonds is 4. The first-order valence-corrected chi connectivity index (χ1v) is 14.5. The number of hydrogen-bond donors (Lipinski definition) is 2. The van der Waals surface area contributed by atoms with Crippen LogP contribution in [0.15, 0.2) is 60.7 Å². The van der Waals surface area contributed by atoms with Gasteiger partial charge in [-0.1, -0.05) is 81.4 Å². The quantitative estimate of drug-likeness (QED) is 0.522. The Labute approximate surface area is 222 Å². The fourth-order valence-electron chi connectivity index (χ4n) is 9.37. The van der Waals surface area contributed by atoms with Crippen molar-refractivity contribution in [2.75, 3.05) is 0 Å². The van der Waals surface area contributed by atoms with Crippen molar-refractivity contribution >= 4 is 11.8 Å². The molecule has 2 aromatic rings. The van der Waals surface area contributed by atoms with Crippen LogP contribution in [0.5, 0.6) is 0 Å². The fraction of sp³-hybridized carbons (Fsp3) is 0.576. The van der Waals surface area contributed by atoms with E-state index in [2.05, 4.69) is 79.9 Å². The summed E-state index contributed by atoms with van der Waals surface area (Å²) in [5.74, 6) is 2.96. The van der Waals surface area contributed by atoms with E-state index >= 15 is 0 Å². The van der Waals surface area contributed by atoms with E-state index in [0.717, 1.165) is 43.2 Å². The molecule has 4 heteroatoms. The van der Waals surface area contributed by atoms with E-state index in [-0.39, 0.29) is 34.6 Å². The number of fused-ring (bicyclic) bond motifs is 5. The number of amides is 2. The van der Waals surface area contributed by atoms with Crippen molar-refractivity contribution in [3.63, 3.8) is 0 Å². The molecule has 1 aliphatic heterocycles. The first-order valence-electron chi connectivity index (χ1n) is 14.5. The Kier molecular flexibility index (Phi) is 6.20. The van der Waals surface area contributed by atoms with Crippen LogP contribution < -0.4 is 10.6 Å². The van der Waals surface area contributed by atoms with Crippen LogP contribution in [0.25, 0.3) is 0 Å². The molecule has 4 aliphatic rings. The van der Waals surface area contributed by atoms with Gasteiger partial charge in [0.25, 0.3) is 0 Å². The molecule has 8 atom stereocenters. The fourth-order valence-corrected chi connectivity index (χ4v) is 9.37. The maximum Gasteiger partial charge on any atom is 0.224 e. The normalized spacial score (nSPS) is 38.8. The van der Waals surface area contributed by atoms with Gasteiger partial charge in [0.15, 0.2) is 0 Å². The van der Waals surface area contributed by atoms with Crippen molar-refractivity contribution in [3.8, 4) is 0 Å². The summed E-state index contributed by atoms with van der Waals surface area (Å²) < 4.78 is 0. The Hall–Kier alpha value is -2.62. The van der Waals surface area contributed by atoms with Gasteiger partial charge in [0.05, 0.1) is 6.04 Å². The van der Waals surface area contributed by atoms with Crippen LogP contribution in [-0.4, -0.2) is 17.9 Å². The predicted molar refractivity (Wildman–Crippen MR) is 146 cm³/mol. The molecule has 6 rings (SSSR count). The minimum Gasteiger partial charge on any atom is -0.353 e. The van der Waals surface area contributed by atoms with E-state index in [4.69, 9.17) is 0 Å². The SMILES string of the molecule is CC1CC2NC(=O)CC[C@]2(C)C2CC[C@]3(C)C(C(=O)NC(c4ccccc4)c4ccccc4)CCC3C12. The van der Waals surface area contributed by atoms with Gasteiger partial charge >= 0.3 is 0 Å². The third-order valence-corrected chi connectivity index (χ3v) is 11.3. The van der Waals surface area contributed by atoms with E-state index in [1.807, 2.05) is 12.1 Å². The first kappa shape index (κ1) is 24.7. The second-order valence-electron chi connectivity index (χ2n) is 13.1. The first-order chi connectivity index (χ1) is 17.8. The standard InChI is InChI=1S/C33H42N2O2/c1-21-20-27-33(3,19-17-28(36)34-27)25-16-18-32(2)24(29(21)25)14-15-26(32)31(37)35-30(22-10-6-4-7-11-22)23-12-8-5-9-13-23/h4-13,21,24-27,29-30H,14-20H2,1-3H3,(H,34,36)(H,35,37)/t21?,24?,25?,26?,27?,29?,32-,33+/m0/s1. The van der Waals surface area contributed by atoms with Gasteiger partial charge in [-0.3, -0.25) is 9.59 Å². The van der Waals surface area contributed by atoms with Crippen molar-refractivity contribution in [2.24, 2.45) is 40.4 Å². The predicted octanol–water partition coefficient (Wildman–Crippen LogP) is 6.28. The average molecular weight is 499 g/mol. The summed E-state index contributed by atoms with van der Waals surface area (Å²) in [6, 6.07) is 20.9. The van der Waals surface area contributed by atoms with Gasteiger partial charge in [-0.2, -0.15) is 0 Å². The molecule has 3 aliphatic carbocycles. The van der Waals surface area contributed by atoms with E-state index in [1.165, 1.54) is 6.42 Å². The van der Waals surface area contributed by atoms with E-state index < -0.39 is 0 Å². The maximum absolute atomic E-state index is 14.1. The summed E-state index contributed by atoms with van der Waals surface area (Å²) in [4.78, 5) is 26.3. The summed E-state index contributed by atoms with van der Waals surface area (Å²) in [5.41, 5.74) is 2.49. The Bertz CT molecular complexity index is 1110. The minimum absolute atomic E-state index is 0.0402. The highest BCUT2D eigenvalue weighted by atomic mass is 16.2. The van der Waals surface area contributed by atoms with E-state index in [9.17, 15) is 9.59 Å². The lowest BCUT2D eigenvalue weighted by molar-refractivity contribution is -0.148. The van der Waals surface area contributed by atoms with Gasteiger partial charge < -0.3 is 10.6 Å². The van der Waals surface area contributed by atoms with Crippen LogP contribution in [0.4, 0.5) is 0 Å². The molecule has 37 heavy (non-hydrogen) atoms. The van der Waals surface area contributed by atoms with Gasteiger partial charge in [-0.15, -0.1) is 0 Å². The molecule has 0 radical (unpaired) electrons. The highest BCUT2D eigenvalue weighted by Gasteiger charge is 2.63. The lowest BCUT2D eigenvalue weighted by atomic mass is 9.45. The van der Waals surface area contributed by atoms with Crippen molar-refractivity contribution in [3.05, 3.63) is 71.8 Å². The van der Waals surface area contributed by atoms with E-state index in [0.29, 0.717) is 36.1 Å². The molecular weight excluding hydrogens is 456 g/mol. The van der Waals surface area contributed by atoms with Gasteiger partial charge in [0.2, 0.25) is 11.8 Å². The molecule has 2 N–H and O–H groups in total. The zero-order valence-electron chi connectivity index (χ0n) is 22.6. The van der Waals surface area contributed by atoms with Crippen molar-refractivity contribution < 1.29 is 9.59 Å². The molecule has 196 valence electrons. The third kappa shape index (κ3) is 4.02. The Morgan fingerprint density at radius 3 is 2.16 bits per heavy atom. The second-order valence-corrected chi connectivity index (χ2v) is 13.1.